The summed E-state index contributed by atoms with van der Waals surface area (Å²) in [5, 5.41) is 10.1. The van der Waals surface area contributed by atoms with Crippen LogP contribution in [0.15, 0.2) is 66.7 Å². The van der Waals surface area contributed by atoms with Gasteiger partial charge in [-0.2, -0.15) is 0 Å². The van der Waals surface area contributed by atoms with Gasteiger partial charge in [0.2, 0.25) is 0 Å². The molecule has 0 radical (unpaired) electrons. The molecule has 162 valence electrons. The summed E-state index contributed by atoms with van der Waals surface area (Å²) in [5.74, 6) is 1.52. The minimum absolute atomic E-state index is 0.295. The number of hydrogen-bond acceptors (Lipinski definition) is 2. The maximum absolute atomic E-state index is 10.1. The fraction of sp³-hybridized carbons (Fsp3) is 0.379. The molecule has 0 aromatic heterocycles. The van der Waals surface area contributed by atoms with Crippen LogP contribution in [0.5, 0.6) is 5.75 Å². The molecule has 0 saturated carbocycles. The van der Waals surface area contributed by atoms with E-state index in [0.29, 0.717) is 17.6 Å². The number of fused-ring (bicyclic) bond motifs is 1. The van der Waals surface area contributed by atoms with Gasteiger partial charge >= 0.3 is 0 Å². The van der Waals surface area contributed by atoms with E-state index in [-0.39, 0.29) is 5.54 Å². The van der Waals surface area contributed by atoms with Gasteiger partial charge in [-0.15, -0.1) is 0 Å². The Labute approximate surface area is 187 Å². The molecule has 4 rings (SSSR count). The van der Waals surface area contributed by atoms with Gasteiger partial charge in [-0.05, 0) is 83.7 Å². The molecule has 0 aliphatic carbocycles. The third kappa shape index (κ3) is 4.08. The molecule has 1 aliphatic rings. The van der Waals surface area contributed by atoms with Gasteiger partial charge in [-0.25, -0.2) is 0 Å². The summed E-state index contributed by atoms with van der Waals surface area (Å²) in [7, 11) is 0. The molecular weight excluding hydrogens is 378 g/mol. The van der Waals surface area contributed by atoms with Crippen LogP contribution >= 0.6 is 0 Å². The number of nitrogens with zero attached hydrogens (tertiary/aromatic N) is 1. The highest BCUT2D eigenvalue weighted by molar-refractivity contribution is 5.61. The second-order valence-electron chi connectivity index (χ2n) is 9.86. The predicted molar refractivity (Wildman–Crippen MR) is 131 cm³/mol. The Kier molecular flexibility index (Phi) is 5.83. The molecule has 1 atom stereocenters. The summed E-state index contributed by atoms with van der Waals surface area (Å²) in [6.07, 6.45) is 2.04. The third-order valence-electron chi connectivity index (χ3n) is 6.79. The van der Waals surface area contributed by atoms with Crippen molar-refractivity contribution < 1.29 is 5.11 Å². The highest BCUT2D eigenvalue weighted by atomic mass is 16.3. The lowest BCUT2D eigenvalue weighted by molar-refractivity contribution is 0.463. The van der Waals surface area contributed by atoms with E-state index in [9.17, 15) is 5.11 Å². The number of benzene rings is 3. The van der Waals surface area contributed by atoms with Gasteiger partial charge in [-0.1, -0.05) is 70.2 Å². The minimum atomic E-state index is -0.295. The lowest BCUT2D eigenvalue weighted by atomic mass is 9.76. The van der Waals surface area contributed by atoms with E-state index in [1.807, 2.05) is 12.1 Å². The Morgan fingerprint density at radius 1 is 0.903 bits per heavy atom. The number of aromatic hydroxyl groups is 1. The molecule has 2 nitrogen and oxygen atoms in total. The normalized spacial score (nSPS) is 18.5. The van der Waals surface area contributed by atoms with Crippen LogP contribution in [0.4, 0.5) is 5.69 Å². The second kappa shape index (κ2) is 8.42. The predicted octanol–water partition coefficient (Wildman–Crippen LogP) is 7.04. The Morgan fingerprint density at radius 2 is 1.58 bits per heavy atom. The molecule has 1 N–H and O–H groups in total. The average Bonchev–Trinajstić information content (AvgIpc) is 2.74. The third-order valence-corrected chi connectivity index (χ3v) is 6.79. The van der Waals surface area contributed by atoms with E-state index in [1.165, 1.54) is 33.5 Å². The maximum atomic E-state index is 10.1. The fourth-order valence-corrected chi connectivity index (χ4v) is 5.04. The quantitative estimate of drug-likeness (QED) is 0.485. The number of hydrogen-bond donors (Lipinski definition) is 1. The van der Waals surface area contributed by atoms with Crippen LogP contribution in [-0.4, -0.2) is 11.7 Å². The zero-order valence-corrected chi connectivity index (χ0v) is 19.5. The molecule has 0 amide bonds. The van der Waals surface area contributed by atoms with Gasteiger partial charge in [0.1, 0.15) is 5.75 Å². The lowest BCUT2D eigenvalue weighted by Crippen LogP contribution is -2.49. The molecule has 1 heterocycles. The summed E-state index contributed by atoms with van der Waals surface area (Å²) in [4.78, 5) is 2.54. The number of phenolic OH excluding ortho intramolecular Hbond substituents is 1. The maximum Gasteiger partial charge on any atom is 0.115 e. The van der Waals surface area contributed by atoms with Crippen molar-refractivity contribution in [3.63, 3.8) is 0 Å². The first-order valence-electron chi connectivity index (χ1n) is 11.6. The summed E-state index contributed by atoms with van der Waals surface area (Å²) in [6, 6.07) is 24.1. The molecule has 1 aliphatic heterocycles. The van der Waals surface area contributed by atoms with Crippen molar-refractivity contribution in [3.8, 4) is 5.75 Å². The molecule has 3 aromatic rings. The van der Waals surface area contributed by atoms with Crippen LogP contribution in [0, 0.1) is 5.92 Å². The van der Waals surface area contributed by atoms with Gasteiger partial charge in [0, 0.05) is 12.2 Å². The van der Waals surface area contributed by atoms with E-state index in [0.717, 1.165) is 19.4 Å². The molecule has 0 fully saturated rings. The molecule has 0 saturated heterocycles. The molecule has 3 aromatic carbocycles. The van der Waals surface area contributed by atoms with Crippen molar-refractivity contribution in [1.82, 2.24) is 0 Å². The van der Waals surface area contributed by atoms with Crippen molar-refractivity contribution >= 4 is 5.69 Å². The van der Waals surface area contributed by atoms with Crippen LogP contribution in [0.3, 0.4) is 0 Å². The summed E-state index contributed by atoms with van der Waals surface area (Å²) >= 11 is 0. The van der Waals surface area contributed by atoms with E-state index in [2.05, 4.69) is 94.1 Å². The largest absolute Gasteiger partial charge is 0.508 e. The first kappa shape index (κ1) is 21.5. The van der Waals surface area contributed by atoms with E-state index in [4.69, 9.17) is 0 Å². The van der Waals surface area contributed by atoms with E-state index < -0.39 is 0 Å². The van der Waals surface area contributed by atoms with Crippen LogP contribution in [0.2, 0.25) is 0 Å². The number of phenols is 1. The topological polar surface area (TPSA) is 23.5 Å². The Hall–Kier alpha value is -2.74. The molecule has 2 heteroatoms. The number of anilines is 1. The van der Waals surface area contributed by atoms with Crippen LogP contribution in [0.25, 0.3) is 0 Å². The Bertz CT molecular complexity index is 1030. The van der Waals surface area contributed by atoms with Gasteiger partial charge in [0.25, 0.3) is 0 Å². The fourth-order valence-electron chi connectivity index (χ4n) is 5.04. The zero-order valence-electron chi connectivity index (χ0n) is 19.5. The average molecular weight is 414 g/mol. The van der Waals surface area contributed by atoms with E-state index in [1.54, 1.807) is 0 Å². The Morgan fingerprint density at radius 3 is 2.19 bits per heavy atom. The Balaban J connectivity index is 1.81. The van der Waals surface area contributed by atoms with Crippen LogP contribution < -0.4 is 4.90 Å². The zero-order chi connectivity index (χ0) is 22.2. The summed E-state index contributed by atoms with van der Waals surface area (Å²) in [5.41, 5.74) is 7.51. The van der Waals surface area contributed by atoms with Crippen molar-refractivity contribution in [2.45, 2.75) is 58.9 Å². The van der Waals surface area contributed by atoms with Gasteiger partial charge in [-0.3, -0.25) is 0 Å². The molecule has 0 bridgehead atoms. The lowest BCUT2D eigenvalue weighted by Gasteiger charge is -2.48. The van der Waals surface area contributed by atoms with Gasteiger partial charge in [0.05, 0.1) is 5.54 Å². The second-order valence-corrected chi connectivity index (χ2v) is 9.86. The summed E-state index contributed by atoms with van der Waals surface area (Å²) < 4.78 is 0. The smallest absolute Gasteiger partial charge is 0.115 e. The van der Waals surface area contributed by atoms with Crippen molar-refractivity contribution in [1.29, 1.82) is 0 Å². The summed E-state index contributed by atoms with van der Waals surface area (Å²) in [6.45, 7) is 12.3. The highest BCUT2D eigenvalue weighted by Gasteiger charge is 2.40. The standard InChI is InChI=1S/C29H35NO/c1-20(2)18-22-6-12-26(13-7-22)30-17-16-24-19-27(31)14-15-28(24)29(30,5)25-10-8-23(9-11-25)21(3)4/h6-15,19-21,31H,16-18H2,1-5H3. The molecule has 1 unspecified atom stereocenters. The molecule has 31 heavy (non-hydrogen) atoms. The van der Waals surface area contributed by atoms with Gasteiger partial charge in [0.15, 0.2) is 0 Å². The SMILES string of the molecule is CC(C)Cc1ccc(N2CCc3cc(O)ccc3C2(C)c2ccc(C(C)C)cc2)cc1. The van der Waals surface area contributed by atoms with Crippen molar-refractivity contribution in [2.24, 2.45) is 5.92 Å². The van der Waals surface area contributed by atoms with Crippen LogP contribution in [0.1, 0.15) is 68.4 Å². The van der Waals surface area contributed by atoms with Crippen LogP contribution in [-0.2, 0) is 18.4 Å². The highest BCUT2D eigenvalue weighted by Crippen LogP contribution is 2.44. The molecule has 0 spiro atoms. The first-order valence-corrected chi connectivity index (χ1v) is 11.6. The van der Waals surface area contributed by atoms with Crippen molar-refractivity contribution in [3.05, 3.63) is 94.5 Å². The minimum Gasteiger partial charge on any atom is -0.508 e. The monoisotopic (exact) mass is 413 g/mol. The van der Waals surface area contributed by atoms with E-state index >= 15 is 0 Å². The van der Waals surface area contributed by atoms with Gasteiger partial charge < -0.3 is 10.0 Å². The molecular formula is C29H35NO. The first-order chi connectivity index (χ1) is 14.8. The van der Waals surface area contributed by atoms with Crippen molar-refractivity contribution in [2.75, 3.05) is 11.4 Å². The number of rotatable bonds is 5.